The van der Waals surface area contributed by atoms with Gasteiger partial charge in [-0.15, -0.1) is 0 Å². The summed E-state index contributed by atoms with van der Waals surface area (Å²) < 4.78 is 7.01. The largest absolute Gasteiger partial charge is 0.461 e. The molecule has 0 atom stereocenters. The maximum Gasteiger partial charge on any atom is 0.355 e. The SMILES string of the molecule is CCOC(=O)c1c(C)c(C(=O)NC2CCCC2)c(C)n1CC. The molecule has 1 heterocycles. The Morgan fingerprint density at radius 1 is 1.23 bits per heavy atom. The average molecular weight is 306 g/mol. The summed E-state index contributed by atoms with van der Waals surface area (Å²) in [7, 11) is 0. The Hall–Kier alpha value is -1.78. The number of ether oxygens (including phenoxy) is 1. The van der Waals surface area contributed by atoms with E-state index in [1.165, 1.54) is 12.8 Å². The second-order valence-electron chi connectivity index (χ2n) is 5.85. The Bertz CT molecular complexity index is 569. The minimum absolute atomic E-state index is 0.0698. The van der Waals surface area contributed by atoms with Gasteiger partial charge in [-0.25, -0.2) is 4.79 Å². The van der Waals surface area contributed by atoms with Crippen molar-refractivity contribution < 1.29 is 14.3 Å². The summed E-state index contributed by atoms with van der Waals surface area (Å²) >= 11 is 0. The van der Waals surface area contributed by atoms with Crippen LogP contribution in [0.5, 0.6) is 0 Å². The van der Waals surface area contributed by atoms with Gasteiger partial charge in [-0.05, 0) is 46.1 Å². The van der Waals surface area contributed by atoms with Crippen molar-refractivity contribution in [3.8, 4) is 0 Å². The summed E-state index contributed by atoms with van der Waals surface area (Å²) in [6.45, 7) is 8.44. The molecule has 0 saturated heterocycles. The molecule has 5 heteroatoms. The van der Waals surface area contributed by atoms with E-state index in [1.807, 2.05) is 25.3 Å². The third-order valence-corrected chi connectivity index (χ3v) is 4.47. The van der Waals surface area contributed by atoms with Crippen molar-refractivity contribution in [1.82, 2.24) is 9.88 Å². The number of carbonyl (C=O) groups is 2. The summed E-state index contributed by atoms with van der Waals surface area (Å²) in [5.41, 5.74) is 2.67. The Kier molecular flexibility index (Phi) is 5.27. The molecule has 1 N–H and O–H groups in total. The third-order valence-electron chi connectivity index (χ3n) is 4.47. The van der Waals surface area contributed by atoms with Crippen LogP contribution in [0.15, 0.2) is 0 Å². The lowest BCUT2D eigenvalue weighted by molar-refractivity contribution is 0.0512. The maximum absolute atomic E-state index is 12.6. The monoisotopic (exact) mass is 306 g/mol. The summed E-state index contributed by atoms with van der Waals surface area (Å²) in [5, 5.41) is 3.11. The molecular weight excluding hydrogens is 280 g/mol. The highest BCUT2D eigenvalue weighted by Crippen LogP contribution is 2.25. The first-order chi connectivity index (χ1) is 10.5. The molecule has 1 aromatic rings. The van der Waals surface area contributed by atoms with Crippen molar-refractivity contribution in [3.63, 3.8) is 0 Å². The number of nitrogens with zero attached hydrogens (tertiary/aromatic N) is 1. The Balaban J connectivity index is 2.34. The Labute approximate surface area is 132 Å². The quantitative estimate of drug-likeness (QED) is 0.851. The van der Waals surface area contributed by atoms with E-state index in [1.54, 1.807) is 6.92 Å². The van der Waals surface area contributed by atoms with Crippen LogP contribution >= 0.6 is 0 Å². The van der Waals surface area contributed by atoms with Gasteiger partial charge in [0.05, 0.1) is 12.2 Å². The molecule has 1 aliphatic carbocycles. The first kappa shape index (κ1) is 16.6. The lowest BCUT2D eigenvalue weighted by Gasteiger charge is -2.12. The zero-order chi connectivity index (χ0) is 16.3. The summed E-state index contributed by atoms with van der Waals surface area (Å²) in [6, 6.07) is 0.266. The van der Waals surface area contributed by atoms with Crippen molar-refractivity contribution in [1.29, 1.82) is 0 Å². The first-order valence-corrected chi connectivity index (χ1v) is 8.18. The van der Waals surface area contributed by atoms with Gasteiger partial charge in [-0.1, -0.05) is 12.8 Å². The van der Waals surface area contributed by atoms with E-state index in [2.05, 4.69) is 5.32 Å². The van der Waals surface area contributed by atoms with Crippen molar-refractivity contribution in [3.05, 3.63) is 22.5 Å². The van der Waals surface area contributed by atoms with E-state index < -0.39 is 0 Å². The molecule has 1 aromatic heterocycles. The molecular formula is C17H26N2O3. The second kappa shape index (κ2) is 6.99. The second-order valence-corrected chi connectivity index (χ2v) is 5.85. The van der Waals surface area contributed by atoms with Gasteiger partial charge >= 0.3 is 5.97 Å². The van der Waals surface area contributed by atoms with Crippen molar-refractivity contribution in [2.75, 3.05) is 6.61 Å². The topological polar surface area (TPSA) is 60.3 Å². The van der Waals surface area contributed by atoms with Crippen LogP contribution in [0.2, 0.25) is 0 Å². The fourth-order valence-electron chi connectivity index (χ4n) is 3.42. The Morgan fingerprint density at radius 2 is 1.86 bits per heavy atom. The zero-order valence-electron chi connectivity index (χ0n) is 14.0. The highest BCUT2D eigenvalue weighted by atomic mass is 16.5. The van der Waals surface area contributed by atoms with Crippen molar-refractivity contribution in [2.45, 2.75) is 66.0 Å². The molecule has 122 valence electrons. The number of amides is 1. The van der Waals surface area contributed by atoms with Gasteiger partial charge in [0.1, 0.15) is 5.69 Å². The molecule has 1 amide bonds. The van der Waals surface area contributed by atoms with Gasteiger partial charge in [-0.2, -0.15) is 0 Å². The van der Waals surface area contributed by atoms with Gasteiger partial charge in [0.15, 0.2) is 0 Å². The van der Waals surface area contributed by atoms with Crippen molar-refractivity contribution >= 4 is 11.9 Å². The smallest absolute Gasteiger partial charge is 0.355 e. The predicted molar refractivity (Wildman–Crippen MR) is 85.3 cm³/mol. The van der Waals surface area contributed by atoms with Crippen LogP contribution in [-0.2, 0) is 11.3 Å². The molecule has 0 aromatic carbocycles. The molecule has 0 bridgehead atoms. The highest BCUT2D eigenvalue weighted by molar-refractivity contribution is 6.01. The van der Waals surface area contributed by atoms with Crippen molar-refractivity contribution in [2.24, 2.45) is 0 Å². The zero-order valence-corrected chi connectivity index (χ0v) is 14.0. The minimum atomic E-state index is -0.357. The minimum Gasteiger partial charge on any atom is -0.461 e. The van der Waals surface area contributed by atoms with Gasteiger partial charge in [-0.3, -0.25) is 4.79 Å². The van der Waals surface area contributed by atoms with Crippen LogP contribution in [0, 0.1) is 13.8 Å². The number of carbonyl (C=O) groups excluding carboxylic acids is 2. The number of hydrogen-bond acceptors (Lipinski definition) is 3. The molecule has 1 fully saturated rings. The molecule has 22 heavy (non-hydrogen) atoms. The average Bonchev–Trinajstić information content (AvgIpc) is 3.05. The van der Waals surface area contributed by atoms with Gasteiger partial charge in [0.2, 0.25) is 0 Å². The highest BCUT2D eigenvalue weighted by Gasteiger charge is 2.28. The maximum atomic E-state index is 12.6. The van der Waals surface area contributed by atoms with Crippen LogP contribution < -0.4 is 5.32 Å². The Morgan fingerprint density at radius 3 is 2.41 bits per heavy atom. The van der Waals surface area contributed by atoms with E-state index in [-0.39, 0.29) is 17.9 Å². The van der Waals surface area contributed by atoms with E-state index in [9.17, 15) is 9.59 Å². The van der Waals surface area contributed by atoms with Gasteiger partial charge in [0.25, 0.3) is 5.91 Å². The van der Waals surface area contributed by atoms with E-state index >= 15 is 0 Å². The van der Waals surface area contributed by atoms with Gasteiger partial charge < -0.3 is 14.6 Å². The van der Waals surface area contributed by atoms with Crippen LogP contribution in [0.3, 0.4) is 0 Å². The van der Waals surface area contributed by atoms with Crippen LogP contribution in [0.1, 0.15) is 71.6 Å². The number of hydrogen-bond donors (Lipinski definition) is 1. The van der Waals surface area contributed by atoms with Crippen LogP contribution in [0.25, 0.3) is 0 Å². The lowest BCUT2D eigenvalue weighted by atomic mass is 10.1. The molecule has 0 radical (unpaired) electrons. The van der Waals surface area contributed by atoms with E-state index in [4.69, 9.17) is 4.74 Å². The number of aromatic nitrogens is 1. The fourth-order valence-corrected chi connectivity index (χ4v) is 3.42. The summed E-state index contributed by atoms with van der Waals surface area (Å²) in [5.74, 6) is -0.426. The molecule has 5 nitrogen and oxygen atoms in total. The van der Waals surface area contributed by atoms with Crippen LogP contribution in [-0.4, -0.2) is 29.1 Å². The molecule has 2 rings (SSSR count). The normalized spacial score (nSPS) is 15.1. The molecule has 1 aliphatic rings. The third kappa shape index (κ3) is 3.03. The molecule has 0 aliphatic heterocycles. The standard InChI is InChI=1S/C17H26N2O3/c1-5-19-12(4)14(11(3)15(19)17(21)22-6-2)16(20)18-13-9-7-8-10-13/h13H,5-10H2,1-4H3,(H,18,20). The molecule has 1 saturated carbocycles. The molecule has 0 unspecified atom stereocenters. The summed E-state index contributed by atoms with van der Waals surface area (Å²) in [4.78, 5) is 24.8. The number of esters is 1. The van der Waals surface area contributed by atoms with E-state index in [0.717, 1.165) is 18.5 Å². The predicted octanol–water partition coefficient (Wildman–Crippen LogP) is 2.97. The first-order valence-electron chi connectivity index (χ1n) is 8.18. The van der Waals surface area contributed by atoms with E-state index in [0.29, 0.717) is 30.0 Å². The lowest BCUT2D eigenvalue weighted by Crippen LogP contribution is -2.33. The van der Waals surface area contributed by atoms with Gasteiger partial charge in [0, 0.05) is 18.3 Å². The molecule has 0 spiro atoms. The number of rotatable bonds is 5. The number of nitrogens with one attached hydrogen (secondary N) is 1. The summed E-state index contributed by atoms with van der Waals surface area (Å²) in [6.07, 6.45) is 4.44. The fraction of sp³-hybridized carbons (Fsp3) is 0.647. The van der Waals surface area contributed by atoms with Crippen LogP contribution in [0.4, 0.5) is 0 Å².